The minimum absolute atomic E-state index is 0.0239. The maximum atomic E-state index is 12.0. The number of hydrogen-bond donors (Lipinski definition) is 1. The van der Waals surface area contributed by atoms with Crippen molar-refractivity contribution in [1.82, 2.24) is 4.90 Å². The smallest absolute Gasteiger partial charge is 0.325 e. The molecular formula is C15H21NO4. The molecule has 0 aliphatic heterocycles. The van der Waals surface area contributed by atoms with Crippen LogP contribution in [0.3, 0.4) is 0 Å². The fourth-order valence-corrected chi connectivity index (χ4v) is 1.86. The van der Waals surface area contributed by atoms with Gasteiger partial charge in [0, 0.05) is 13.0 Å². The lowest BCUT2D eigenvalue weighted by Gasteiger charge is -2.19. The predicted molar refractivity (Wildman–Crippen MR) is 75.3 cm³/mol. The van der Waals surface area contributed by atoms with Crippen LogP contribution in [0.15, 0.2) is 24.3 Å². The van der Waals surface area contributed by atoms with Gasteiger partial charge in [0.25, 0.3) is 0 Å². The van der Waals surface area contributed by atoms with Gasteiger partial charge in [-0.05, 0) is 31.9 Å². The molecule has 0 aliphatic carbocycles. The maximum absolute atomic E-state index is 12.0. The molecule has 0 heterocycles. The van der Waals surface area contributed by atoms with E-state index in [0.717, 1.165) is 5.56 Å². The number of ether oxygens (including phenoxy) is 1. The zero-order valence-electron chi connectivity index (χ0n) is 12.0. The second kappa shape index (κ2) is 8.19. The minimum atomic E-state index is -0.398. The van der Waals surface area contributed by atoms with Crippen molar-refractivity contribution in [3.8, 4) is 5.75 Å². The number of phenols is 1. The molecule has 0 aliphatic rings. The second-order valence-corrected chi connectivity index (χ2v) is 4.34. The van der Waals surface area contributed by atoms with Gasteiger partial charge in [-0.2, -0.15) is 0 Å². The molecule has 0 spiro atoms. The minimum Gasteiger partial charge on any atom is -0.508 e. The molecule has 1 aromatic rings. The number of carbonyl (C=O) groups excluding carboxylic acids is 2. The number of rotatable bonds is 7. The third-order valence-electron chi connectivity index (χ3n) is 2.96. The summed E-state index contributed by atoms with van der Waals surface area (Å²) >= 11 is 0. The van der Waals surface area contributed by atoms with Gasteiger partial charge in [0.15, 0.2) is 0 Å². The summed E-state index contributed by atoms with van der Waals surface area (Å²) in [5.74, 6) is -0.331. The molecule has 20 heavy (non-hydrogen) atoms. The van der Waals surface area contributed by atoms with Crippen LogP contribution in [0.25, 0.3) is 0 Å². The van der Waals surface area contributed by atoms with Crippen molar-refractivity contribution in [2.75, 3.05) is 19.7 Å². The van der Waals surface area contributed by atoms with E-state index in [1.807, 2.05) is 13.0 Å². The van der Waals surface area contributed by atoms with Gasteiger partial charge in [0.2, 0.25) is 5.91 Å². The van der Waals surface area contributed by atoms with E-state index in [1.165, 1.54) is 4.90 Å². The molecule has 5 heteroatoms. The highest BCUT2D eigenvalue weighted by atomic mass is 16.5. The lowest BCUT2D eigenvalue weighted by Crippen LogP contribution is -2.36. The van der Waals surface area contributed by atoms with Gasteiger partial charge < -0.3 is 14.7 Å². The fourth-order valence-electron chi connectivity index (χ4n) is 1.86. The SMILES string of the molecule is CCOC(=O)CN(CC)C(=O)CCc1ccccc1O. The Morgan fingerprint density at radius 1 is 1.25 bits per heavy atom. The van der Waals surface area contributed by atoms with E-state index in [4.69, 9.17) is 4.74 Å². The molecular weight excluding hydrogens is 258 g/mol. The molecule has 1 N–H and O–H groups in total. The molecule has 1 amide bonds. The average molecular weight is 279 g/mol. The van der Waals surface area contributed by atoms with Gasteiger partial charge in [-0.3, -0.25) is 9.59 Å². The lowest BCUT2D eigenvalue weighted by molar-refractivity contribution is -0.148. The molecule has 1 aromatic carbocycles. The van der Waals surface area contributed by atoms with Crippen molar-refractivity contribution < 1.29 is 19.4 Å². The quantitative estimate of drug-likeness (QED) is 0.772. The third kappa shape index (κ3) is 4.91. The highest BCUT2D eigenvalue weighted by Crippen LogP contribution is 2.17. The zero-order valence-corrected chi connectivity index (χ0v) is 12.0. The molecule has 0 fully saturated rings. The summed E-state index contributed by atoms with van der Waals surface area (Å²) in [5, 5.41) is 9.64. The maximum Gasteiger partial charge on any atom is 0.325 e. The van der Waals surface area contributed by atoms with Gasteiger partial charge in [-0.1, -0.05) is 18.2 Å². The first kappa shape index (κ1) is 16.0. The summed E-state index contributed by atoms with van der Waals surface area (Å²) in [7, 11) is 0. The lowest BCUT2D eigenvalue weighted by atomic mass is 10.1. The predicted octanol–water partition coefficient (Wildman–Crippen LogP) is 1.74. The van der Waals surface area contributed by atoms with E-state index in [9.17, 15) is 14.7 Å². The van der Waals surface area contributed by atoms with Crippen LogP contribution in [0.1, 0.15) is 25.8 Å². The third-order valence-corrected chi connectivity index (χ3v) is 2.96. The van der Waals surface area contributed by atoms with Gasteiger partial charge in [0.05, 0.1) is 6.61 Å². The Morgan fingerprint density at radius 2 is 1.95 bits per heavy atom. The van der Waals surface area contributed by atoms with Crippen molar-refractivity contribution in [3.05, 3.63) is 29.8 Å². The number of nitrogens with zero attached hydrogens (tertiary/aromatic N) is 1. The van der Waals surface area contributed by atoms with Crippen molar-refractivity contribution in [3.63, 3.8) is 0 Å². The molecule has 0 radical (unpaired) electrons. The second-order valence-electron chi connectivity index (χ2n) is 4.34. The van der Waals surface area contributed by atoms with E-state index in [2.05, 4.69) is 0 Å². The molecule has 5 nitrogen and oxygen atoms in total. The monoisotopic (exact) mass is 279 g/mol. The topological polar surface area (TPSA) is 66.8 Å². The van der Waals surface area contributed by atoms with Gasteiger partial charge >= 0.3 is 5.97 Å². The summed E-state index contributed by atoms with van der Waals surface area (Å²) in [5.41, 5.74) is 0.730. The summed E-state index contributed by atoms with van der Waals surface area (Å²) in [6, 6.07) is 6.93. The first-order chi connectivity index (χ1) is 9.58. The van der Waals surface area contributed by atoms with Crippen LogP contribution in [-0.4, -0.2) is 41.6 Å². The Kier molecular flexibility index (Phi) is 6.56. The van der Waals surface area contributed by atoms with Crippen molar-refractivity contribution >= 4 is 11.9 Å². The van der Waals surface area contributed by atoms with Crippen molar-refractivity contribution in [2.24, 2.45) is 0 Å². The molecule has 0 bridgehead atoms. The molecule has 1 rings (SSSR count). The Hall–Kier alpha value is -2.04. The van der Waals surface area contributed by atoms with Crippen molar-refractivity contribution in [1.29, 1.82) is 0 Å². The normalized spacial score (nSPS) is 10.1. The number of amides is 1. The molecule has 110 valence electrons. The van der Waals surface area contributed by atoms with Crippen LogP contribution < -0.4 is 0 Å². The number of benzene rings is 1. The molecule has 0 atom stereocenters. The standard InChI is InChI=1S/C15H21NO4/c1-3-16(11-15(19)20-4-2)14(18)10-9-12-7-5-6-8-13(12)17/h5-8,17H,3-4,9-11H2,1-2H3. The molecule has 0 saturated carbocycles. The van der Waals surface area contributed by atoms with Gasteiger partial charge in [0.1, 0.15) is 12.3 Å². The Bertz CT molecular complexity index is 459. The van der Waals surface area contributed by atoms with Crippen LogP contribution >= 0.6 is 0 Å². The summed E-state index contributed by atoms with van der Waals surface area (Å²) < 4.78 is 4.83. The van der Waals surface area contributed by atoms with E-state index in [-0.39, 0.29) is 24.6 Å². The Morgan fingerprint density at radius 3 is 2.55 bits per heavy atom. The van der Waals surface area contributed by atoms with Crippen LogP contribution in [0.2, 0.25) is 0 Å². The number of hydrogen-bond acceptors (Lipinski definition) is 4. The van der Waals surface area contributed by atoms with E-state index in [0.29, 0.717) is 19.6 Å². The first-order valence-corrected chi connectivity index (χ1v) is 6.78. The summed E-state index contributed by atoms with van der Waals surface area (Å²) in [6.07, 6.45) is 0.704. The average Bonchev–Trinajstić information content (AvgIpc) is 2.44. The zero-order chi connectivity index (χ0) is 15.0. The number of carbonyl (C=O) groups is 2. The summed E-state index contributed by atoms with van der Waals surface area (Å²) in [4.78, 5) is 24.9. The first-order valence-electron chi connectivity index (χ1n) is 6.78. The van der Waals surface area contributed by atoms with E-state index in [1.54, 1.807) is 25.1 Å². The van der Waals surface area contributed by atoms with Crippen LogP contribution in [0.5, 0.6) is 5.75 Å². The Labute approximate surface area is 119 Å². The van der Waals surface area contributed by atoms with Gasteiger partial charge in [-0.25, -0.2) is 0 Å². The summed E-state index contributed by atoms with van der Waals surface area (Å²) in [6.45, 7) is 4.29. The number of phenolic OH excluding ortho intramolecular Hbond substituents is 1. The highest BCUT2D eigenvalue weighted by Gasteiger charge is 2.16. The number of aromatic hydroxyl groups is 1. The van der Waals surface area contributed by atoms with Crippen LogP contribution in [0.4, 0.5) is 0 Å². The number of likely N-dealkylation sites (N-methyl/N-ethyl adjacent to an activating group) is 1. The Balaban J connectivity index is 2.51. The molecule has 0 saturated heterocycles. The fraction of sp³-hybridized carbons (Fsp3) is 0.467. The van der Waals surface area contributed by atoms with Gasteiger partial charge in [-0.15, -0.1) is 0 Å². The number of esters is 1. The van der Waals surface area contributed by atoms with E-state index >= 15 is 0 Å². The number of para-hydroxylation sites is 1. The van der Waals surface area contributed by atoms with Crippen molar-refractivity contribution in [2.45, 2.75) is 26.7 Å². The number of aryl methyl sites for hydroxylation is 1. The molecule has 0 aromatic heterocycles. The van der Waals surface area contributed by atoms with Crippen LogP contribution in [0, 0.1) is 0 Å². The van der Waals surface area contributed by atoms with E-state index < -0.39 is 5.97 Å². The largest absolute Gasteiger partial charge is 0.508 e. The molecule has 0 unspecified atom stereocenters. The van der Waals surface area contributed by atoms with Crippen LogP contribution in [-0.2, 0) is 20.7 Å². The highest BCUT2D eigenvalue weighted by molar-refractivity contribution is 5.82.